The van der Waals surface area contributed by atoms with E-state index in [9.17, 15) is 9.59 Å². The van der Waals surface area contributed by atoms with E-state index in [2.05, 4.69) is 33.8 Å². The standard InChI is InChI=1S/C25H32N2O2/c1-5-17(11-12-28)16(4)24-22(6-2)27-25(23(7-3)26-24)21-14-19-10-8-9-18(19)13-20(21)15-29/h12-17H,5-11H2,1-4H3. The maximum atomic E-state index is 11.8. The predicted molar refractivity (Wildman–Crippen MR) is 117 cm³/mol. The number of aryl methyl sites for hydroxylation is 4. The van der Waals surface area contributed by atoms with Crippen molar-refractivity contribution < 1.29 is 9.59 Å². The van der Waals surface area contributed by atoms with E-state index in [0.717, 1.165) is 79.4 Å². The van der Waals surface area contributed by atoms with Gasteiger partial charge in [0.05, 0.1) is 22.8 Å². The van der Waals surface area contributed by atoms with E-state index >= 15 is 0 Å². The first-order chi connectivity index (χ1) is 14.1. The predicted octanol–water partition coefficient (Wildman–Crippen LogP) is 5.29. The maximum Gasteiger partial charge on any atom is 0.150 e. The zero-order valence-electron chi connectivity index (χ0n) is 18.1. The highest BCUT2D eigenvalue weighted by atomic mass is 16.1. The number of carbonyl (C=O) groups is 2. The molecule has 1 aromatic carbocycles. The Morgan fingerprint density at radius 3 is 2.28 bits per heavy atom. The molecular formula is C25H32N2O2. The van der Waals surface area contributed by atoms with E-state index in [4.69, 9.17) is 9.97 Å². The van der Waals surface area contributed by atoms with E-state index in [0.29, 0.717) is 12.0 Å². The summed E-state index contributed by atoms with van der Waals surface area (Å²) in [6.45, 7) is 8.47. The van der Waals surface area contributed by atoms with Crippen LogP contribution in [-0.2, 0) is 30.5 Å². The number of rotatable bonds is 9. The lowest BCUT2D eigenvalue weighted by molar-refractivity contribution is -0.108. The molecule has 154 valence electrons. The van der Waals surface area contributed by atoms with Crippen molar-refractivity contribution in [2.75, 3.05) is 0 Å². The largest absolute Gasteiger partial charge is 0.303 e. The molecule has 0 bridgehead atoms. The van der Waals surface area contributed by atoms with E-state index in [1.165, 1.54) is 11.1 Å². The third-order valence-corrected chi connectivity index (χ3v) is 6.45. The fourth-order valence-corrected chi connectivity index (χ4v) is 4.62. The second-order valence-electron chi connectivity index (χ2n) is 8.10. The highest BCUT2D eigenvalue weighted by Crippen LogP contribution is 2.35. The van der Waals surface area contributed by atoms with Crippen LogP contribution in [0.1, 0.15) is 91.4 Å². The molecule has 0 aliphatic heterocycles. The van der Waals surface area contributed by atoms with Gasteiger partial charge in [-0.1, -0.05) is 34.1 Å². The summed E-state index contributed by atoms with van der Waals surface area (Å²) in [7, 11) is 0. The molecular weight excluding hydrogens is 360 g/mol. The molecule has 0 N–H and O–H groups in total. The number of carbonyl (C=O) groups excluding carboxylic acids is 2. The van der Waals surface area contributed by atoms with Gasteiger partial charge in [-0.3, -0.25) is 9.78 Å². The highest BCUT2D eigenvalue weighted by Gasteiger charge is 2.25. The Hall–Kier alpha value is -2.36. The third kappa shape index (κ3) is 4.17. The van der Waals surface area contributed by atoms with Crippen molar-refractivity contribution >= 4 is 12.6 Å². The van der Waals surface area contributed by atoms with Crippen LogP contribution in [0, 0.1) is 5.92 Å². The molecule has 1 aromatic heterocycles. The Balaban J connectivity index is 2.15. The Morgan fingerprint density at radius 2 is 1.69 bits per heavy atom. The van der Waals surface area contributed by atoms with Gasteiger partial charge in [-0.15, -0.1) is 0 Å². The van der Waals surface area contributed by atoms with Crippen LogP contribution in [0.3, 0.4) is 0 Å². The van der Waals surface area contributed by atoms with Gasteiger partial charge >= 0.3 is 0 Å². The molecule has 0 radical (unpaired) electrons. The average molecular weight is 393 g/mol. The van der Waals surface area contributed by atoms with E-state index in [1.807, 2.05) is 6.07 Å². The molecule has 1 heterocycles. The normalized spacial score (nSPS) is 15.0. The number of aromatic nitrogens is 2. The first-order valence-corrected chi connectivity index (χ1v) is 11.0. The molecule has 0 amide bonds. The zero-order valence-corrected chi connectivity index (χ0v) is 18.1. The van der Waals surface area contributed by atoms with Gasteiger partial charge < -0.3 is 4.79 Å². The second-order valence-corrected chi connectivity index (χ2v) is 8.10. The molecule has 4 heteroatoms. The van der Waals surface area contributed by atoms with Crippen LogP contribution < -0.4 is 0 Å². The summed E-state index contributed by atoms with van der Waals surface area (Å²) in [4.78, 5) is 33.1. The quantitative estimate of drug-likeness (QED) is 0.544. The number of fused-ring (bicyclic) bond motifs is 1. The molecule has 0 spiro atoms. The Kier molecular flexibility index (Phi) is 6.94. The second kappa shape index (κ2) is 9.43. The average Bonchev–Trinajstić information content (AvgIpc) is 3.22. The van der Waals surface area contributed by atoms with Gasteiger partial charge in [0, 0.05) is 23.5 Å². The van der Waals surface area contributed by atoms with Crippen molar-refractivity contribution in [3.05, 3.63) is 45.9 Å². The maximum absolute atomic E-state index is 11.8. The van der Waals surface area contributed by atoms with E-state index in [-0.39, 0.29) is 11.8 Å². The number of hydrogen-bond donors (Lipinski definition) is 0. The number of hydrogen-bond acceptors (Lipinski definition) is 4. The van der Waals surface area contributed by atoms with Crippen LogP contribution >= 0.6 is 0 Å². The molecule has 2 unspecified atom stereocenters. The van der Waals surface area contributed by atoms with Crippen LogP contribution in [0.4, 0.5) is 0 Å². The van der Waals surface area contributed by atoms with Gasteiger partial charge in [0.2, 0.25) is 0 Å². The molecule has 4 nitrogen and oxygen atoms in total. The molecule has 0 fully saturated rings. The smallest absolute Gasteiger partial charge is 0.150 e. The molecule has 3 rings (SSSR count). The summed E-state index contributed by atoms with van der Waals surface area (Å²) in [6, 6.07) is 4.21. The first-order valence-electron chi connectivity index (χ1n) is 11.0. The highest BCUT2D eigenvalue weighted by molar-refractivity contribution is 5.88. The van der Waals surface area contributed by atoms with Crippen molar-refractivity contribution in [2.24, 2.45) is 5.92 Å². The molecule has 0 saturated heterocycles. The van der Waals surface area contributed by atoms with Crippen LogP contribution in [0.5, 0.6) is 0 Å². The van der Waals surface area contributed by atoms with E-state index in [1.54, 1.807) is 0 Å². The van der Waals surface area contributed by atoms with Crippen LogP contribution in [0.2, 0.25) is 0 Å². The van der Waals surface area contributed by atoms with Crippen LogP contribution in [-0.4, -0.2) is 22.5 Å². The monoisotopic (exact) mass is 392 g/mol. The molecule has 2 aromatic rings. The van der Waals surface area contributed by atoms with Crippen LogP contribution in [0.15, 0.2) is 12.1 Å². The number of benzene rings is 1. The third-order valence-electron chi connectivity index (χ3n) is 6.45. The van der Waals surface area contributed by atoms with Gasteiger partial charge in [-0.25, -0.2) is 4.98 Å². The lowest BCUT2D eigenvalue weighted by atomic mass is 9.85. The topological polar surface area (TPSA) is 59.9 Å². The summed E-state index contributed by atoms with van der Waals surface area (Å²) < 4.78 is 0. The molecule has 0 saturated carbocycles. The Labute approximate surface area is 174 Å². The van der Waals surface area contributed by atoms with Gasteiger partial charge in [0.1, 0.15) is 6.29 Å². The van der Waals surface area contributed by atoms with Crippen molar-refractivity contribution in [1.29, 1.82) is 0 Å². The van der Waals surface area contributed by atoms with E-state index < -0.39 is 0 Å². The zero-order chi connectivity index (χ0) is 21.0. The van der Waals surface area contributed by atoms with Gasteiger partial charge in [-0.05, 0) is 61.3 Å². The summed E-state index contributed by atoms with van der Waals surface area (Å²) in [6.07, 6.45) is 8.25. The fourth-order valence-electron chi connectivity index (χ4n) is 4.62. The molecule has 1 aliphatic carbocycles. The van der Waals surface area contributed by atoms with Crippen LogP contribution in [0.25, 0.3) is 11.3 Å². The summed E-state index contributed by atoms with van der Waals surface area (Å²) >= 11 is 0. The van der Waals surface area contributed by atoms with Gasteiger partial charge in [-0.2, -0.15) is 0 Å². The Bertz CT molecular complexity index is 904. The molecule has 29 heavy (non-hydrogen) atoms. The number of aldehydes is 2. The Morgan fingerprint density at radius 1 is 1.00 bits per heavy atom. The lowest BCUT2D eigenvalue weighted by Gasteiger charge is -2.24. The summed E-state index contributed by atoms with van der Waals surface area (Å²) in [5.41, 5.74) is 8.03. The fraction of sp³-hybridized carbons (Fsp3) is 0.520. The minimum Gasteiger partial charge on any atom is -0.303 e. The SMILES string of the molecule is CCc1nc(C(C)C(CC)CC=O)c(CC)nc1-c1cc2c(cc1C=O)CCC2. The lowest BCUT2D eigenvalue weighted by Crippen LogP contribution is -2.16. The number of nitrogens with zero attached hydrogens (tertiary/aromatic N) is 2. The summed E-state index contributed by atoms with van der Waals surface area (Å²) in [5.74, 6) is 0.450. The molecule has 2 atom stereocenters. The van der Waals surface area contributed by atoms with Gasteiger partial charge in [0.25, 0.3) is 0 Å². The molecule has 1 aliphatic rings. The van der Waals surface area contributed by atoms with Crippen molar-refractivity contribution in [3.63, 3.8) is 0 Å². The minimum atomic E-state index is 0.178. The van der Waals surface area contributed by atoms with Crippen molar-refractivity contribution in [1.82, 2.24) is 9.97 Å². The van der Waals surface area contributed by atoms with Crippen molar-refractivity contribution in [2.45, 2.75) is 78.6 Å². The van der Waals surface area contributed by atoms with Crippen molar-refractivity contribution in [3.8, 4) is 11.3 Å². The first kappa shape index (κ1) is 21.4. The minimum absolute atomic E-state index is 0.178. The summed E-state index contributed by atoms with van der Waals surface area (Å²) in [5, 5.41) is 0. The van der Waals surface area contributed by atoms with Gasteiger partial charge in [0.15, 0.2) is 6.29 Å².